The van der Waals surface area contributed by atoms with E-state index in [2.05, 4.69) is 15.9 Å². The van der Waals surface area contributed by atoms with E-state index < -0.39 is 19.8 Å². The summed E-state index contributed by atoms with van der Waals surface area (Å²) in [6.45, 7) is 0. The van der Waals surface area contributed by atoms with Crippen molar-refractivity contribution in [3.8, 4) is 0 Å². The maximum Gasteiger partial charge on any atom is 0.195 e. The van der Waals surface area contributed by atoms with E-state index in [0.29, 0.717) is 5.56 Å². The number of hydrogen-bond acceptors (Lipinski definition) is 2. The fourth-order valence-electron chi connectivity index (χ4n) is 1.52. The molecule has 2 aromatic carbocycles. The third-order valence-electron chi connectivity index (χ3n) is 2.48. The van der Waals surface area contributed by atoms with E-state index in [4.69, 9.17) is 0 Å². The molecule has 0 saturated heterocycles. The number of halogens is 2. The molecule has 2 aromatic rings. The third-order valence-corrected chi connectivity index (χ3v) is 6.23. The van der Waals surface area contributed by atoms with E-state index in [1.807, 2.05) is 0 Å². The molecule has 0 N–H and O–H groups in total. The molecule has 0 saturated carbocycles. The number of benzene rings is 2. The van der Waals surface area contributed by atoms with Crippen LogP contribution in [0.15, 0.2) is 59.5 Å². The van der Waals surface area contributed by atoms with Gasteiger partial charge in [-0.2, -0.15) is 0 Å². The normalized spacial score (nSPS) is 13.2. The predicted octanol–water partition coefficient (Wildman–Crippen LogP) is 3.69. The fourth-order valence-corrected chi connectivity index (χ4v) is 3.77. The number of rotatable bonds is 3. The molecule has 0 aliphatic carbocycles. The predicted molar refractivity (Wildman–Crippen MR) is 71.7 cm³/mol. The summed E-state index contributed by atoms with van der Waals surface area (Å²) in [4.78, 5) is 0.233. The van der Waals surface area contributed by atoms with Crippen molar-refractivity contribution in [1.29, 1.82) is 0 Å². The van der Waals surface area contributed by atoms with Crippen molar-refractivity contribution in [2.24, 2.45) is 0 Å². The molecular formula is C13H10BrFO2S. The lowest BCUT2D eigenvalue weighted by Gasteiger charge is -2.11. The summed E-state index contributed by atoms with van der Waals surface area (Å²) >= 11 is 3.16. The maximum absolute atomic E-state index is 12.8. The number of sulfone groups is 1. The van der Waals surface area contributed by atoms with E-state index >= 15 is 0 Å². The van der Waals surface area contributed by atoms with Crippen LogP contribution >= 0.6 is 15.9 Å². The summed E-state index contributed by atoms with van der Waals surface area (Å²) in [5, 5.41) is 0. The molecule has 0 aliphatic heterocycles. The van der Waals surface area contributed by atoms with Gasteiger partial charge in [0.1, 0.15) is 9.98 Å². The van der Waals surface area contributed by atoms with Crippen LogP contribution in [-0.4, -0.2) is 8.42 Å². The van der Waals surface area contributed by atoms with E-state index in [9.17, 15) is 12.8 Å². The second-order valence-electron chi connectivity index (χ2n) is 3.73. The Morgan fingerprint density at radius 1 is 0.944 bits per heavy atom. The molecule has 0 aromatic heterocycles. The summed E-state index contributed by atoms with van der Waals surface area (Å²) < 4.78 is 36.5. The van der Waals surface area contributed by atoms with Crippen LogP contribution in [0.1, 0.15) is 9.72 Å². The van der Waals surface area contributed by atoms with E-state index in [1.165, 1.54) is 36.4 Å². The Morgan fingerprint density at radius 3 is 2.06 bits per heavy atom. The van der Waals surface area contributed by atoms with Crippen molar-refractivity contribution < 1.29 is 12.8 Å². The van der Waals surface area contributed by atoms with Crippen molar-refractivity contribution >= 4 is 25.8 Å². The Hall–Kier alpha value is -1.20. The van der Waals surface area contributed by atoms with E-state index in [-0.39, 0.29) is 4.90 Å². The van der Waals surface area contributed by atoms with E-state index in [1.54, 1.807) is 18.2 Å². The highest BCUT2D eigenvalue weighted by atomic mass is 79.9. The zero-order valence-electron chi connectivity index (χ0n) is 9.25. The lowest BCUT2D eigenvalue weighted by Crippen LogP contribution is -2.08. The number of alkyl halides is 1. The Labute approximate surface area is 114 Å². The highest BCUT2D eigenvalue weighted by Gasteiger charge is 2.26. The largest absolute Gasteiger partial charge is 0.222 e. The summed E-state index contributed by atoms with van der Waals surface area (Å²) in [5.74, 6) is -0.393. The molecule has 94 valence electrons. The monoisotopic (exact) mass is 328 g/mol. The lowest BCUT2D eigenvalue weighted by molar-refractivity contribution is 0.594. The summed E-state index contributed by atoms with van der Waals surface area (Å²) in [7, 11) is -3.51. The van der Waals surface area contributed by atoms with Gasteiger partial charge in [0.05, 0.1) is 4.90 Å². The first-order chi connectivity index (χ1) is 8.51. The SMILES string of the molecule is O=S(=O)(c1ccccc1)[C@H](Br)c1ccc(F)cc1. The Balaban J connectivity index is 2.39. The standard InChI is InChI=1S/C13H10BrFO2S/c14-13(10-6-8-11(15)9-7-10)18(16,17)12-4-2-1-3-5-12/h1-9,13H/t13-/m0/s1. The first-order valence-electron chi connectivity index (χ1n) is 5.20. The molecule has 0 spiro atoms. The molecule has 0 bridgehead atoms. The van der Waals surface area contributed by atoms with Gasteiger partial charge < -0.3 is 0 Å². The highest BCUT2D eigenvalue weighted by Crippen LogP contribution is 2.33. The second kappa shape index (κ2) is 5.20. The average molecular weight is 329 g/mol. The van der Waals surface area contributed by atoms with Gasteiger partial charge in [-0.05, 0) is 29.8 Å². The van der Waals surface area contributed by atoms with Gasteiger partial charge in [-0.3, -0.25) is 0 Å². The summed E-state index contributed by atoms with van der Waals surface area (Å²) in [5.41, 5.74) is 0.500. The Morgan fingerprint density at radius 2 is 1.50 bits per heavy atom. The van der Waals surface area contributed by atoms with Crippen LogP contribution in [0, 0.1) is 5.82 Å². The average Bonchev–Trinajstić information content (AvgIpc) is 2.40. The zero-order valence-corrected chi connectivity index (χ0v) is 11.7. The van der Waals surface area contributed by atoms with Gasteiger partial charge in [0.25, 0.3) is 0 Å². The van der Waals surface area contributed by atoms with Gasteiger partial charge in [-0.1, -0.05) is 46.3 Å². The summed E-state index contributed by atoms with van der Waals surface area (Å²) in [6, 6.07) is 13.5. The zero-order chi connectivity index (χ0) is 13.2. The van der Waals surface area contributed by atoms with Crippen LogP contribution < -0.4 is 0 Å². The van der Waals surface area contributed by atoms with Gasteiger partial charge >= 0.3 is 0 Å². The molecule has 5 heteroatoms. The van der Waals surface area contributed by atoms with Crippen LogP contribution in [0.5, 0.6) is 0 Å². The van der Waals surface area contributed by atoms with Crippen LogP contribution in [0.3, 0.4) is 0 Å². The van der Waals surface area contributed by atoms with Gasteiger partial charge in [0, 0.05) is 0 Å². The molecular weight excluding hydrogens is 319 g/mol. The Kier molecular flexibility index (Phi) is 3.82. The molecule has 0 amide bonds. The maximum atomic E-state index is 12.8. The number of hydrogen-bond donors (Lipinski definition) is 0. The van der Waals surface area contributed by atoms with Crippen LogP contribution in [0.25, 0.3) is 0 Å². The molecule has 0 heterocycles. The highest BCUT2D eigenvalue weighted by molar-refractivity contribution is 9.10. The minimum atomic E-state index is -3.51. The van der Waals surface area contributed by atoms with Crippen LogP contribution in [0.4, 0.5) is 4.39 Å². The quantitative estimate of drug-likeness (QED) is 0.805. The molecule has 0 radical (unpaired) electrons. The van der Waals surface area contributed by atoms with Gasteiger partial charge in [0.15, 0.2) is 9.84 Å². The molecule has 0 fully saturated rings. The van der Waals surface area contributed by atoms with Crippen molar-refractivity contribution in [1.82, 2.24) is 0 Å². The van der Waals surface area contributed by atoms with Gasteiger partial charge in [-0.15, -0.1) is 0 Å². The second-order valence-corrected chi connectivity index (χ2v) is 7.28. The molecule has 2 nitrogen and oxygen atoms in total. The minimum absolute atomic E-state index is 0.233. The lowest BCUT2D eigenvalue weighted by atomic mass is 10.2. The van der Waals surface area contributed by atoms with Gasteiger partial charge in [0.2, 0.25) is 0 Å². The van der Waals surface area contributed by atoms with Crippen molar-refractivity contribution in [3.05, 3.63) is 66.0 Å². The van der Waals surface area contributed by atoms with Crippen molar-refractivity contribution in [2.45, 2.75) is 9.05 Å². The first kappa shape index (κ1) is 13.2. The van der Waals surface area contributed by atoms with Crippen LogP contribution in [-0.2, 0) is 9.84 Å². The molecule has 18 heavy (non-hydrogen) atoms. The molecule has 0 unspecified atom stereocenters. The van der Waals surface area contributed by atoms with E-state index in [0.717, 1.165) is 0 Å². The van der Waals surface area contributed by atoms with Crippen molar-refractivity contribution in [2.75, 3.05) is 0 Å². The molecule has 0 aliphatic rings. The fraction of sp³-hybridized carbons (Fsp3) is 0.0769. The molecule has 2 rings (SSSR count). The van der Waals surface area contributed by atoms with Crippen LogP contribution in [0.2, 0.25) is 0 Å². The first-order valence-corrected chi connectivity index (χ1v) is 7.66. The molecule has 1 atom stereocenters. The topological polar surface area (TPSA) is 34.1 Å². The van der Waals surface area contributed by atoms with Crippen molar-refractivity contribution in [3.63, 3.8) is 0 Å². The minimum Gasteiger partial charge on any atom is -0.222 e. The Bertz CT molecular complexity index is 624. The third kappa shape index (κ3) is 2.62. The smallest absolute Gasteiger partial charge is 0.195 e. The summed E-state index contributed by atoms with van der Waals surface area (Å²) in [6.07, 6.45) is 0. The van der Waals surface area contributed by atoms with Gasteiger partial charge in [-0.25, -0.2) is 12.8 Å².